The quantitative estimate of drug-likeness (QED) is 0.683. The highest BCUT2D eigenvalue weighted by Gasteiger charge is 2.12. The summed E-state index contributed by atoms with van der Waals surface area (Å²) in [6.07, 6.45) is 3.05. The first-order valence-electron chi connectivity index (χ1n) is 8.15. The Labute approximate surface area is 141 Å². The van der Waals surface area contributed by atoms with Crippen LogP contribution in [0.4, 0.5) is 15.8 Å². The molecule has 5 heteroatoms. The Morgan fingerprint density at radius 2 is 1.88 bits per heavy atom. The topological polar surface area (TPSA) is 61.4 Å². The van der Waals surface area contributed by atoms with Gasteiger partial charge in [0.15, 0.2) is 0 Å². The van der Waals surface area contributed by atoms with E-state index in [2.05, 4.69) is 17.6 Å². The molecule has 1 atom stereocenters. The van der Waals surface area contributed by atoms with Gasteiger partial charge in [-0.25, -0.2) is 4.39 Å². The summed E-state index contributed by atoms with van der Waals surface area (Å²) in [5, 5.41) is 14.9. The molecule has 0 aromatic heterocycles. The summed E-state index contributed by atoms with van der Waals surface area (Å²) in [7, 11) is 0. The highest BCUT2D eigenvalue weighted by atomic mass is 19.1. The second-order valence-electron chi connectivity index (χ2n) is 5.68. The lowest BCUT2D eigenvalue weighted by Crippen LogP contribution is -2.16. The van der Waals surface area contributed by atoms with Gasteiger partial charge in [0.25, 0.3) is 0 Å². The van der Waals surface area contributed by atoms with Gasteiger partial charge in [0.1, 0.15) is 12.4 Å². The number of aliphatic hydroxyl groups excluding tert-OH is 1. The Kier molecular flexibility index (Phi) is 6.75. The molecule has 0 aliphatic rings. The smallest absolute Gasteiger partial charge is 0.250 e. The van der Waals surface area contributed by atoms with E-state index < -0.39 is 12.5 Å². The minimum Gasteiger partial charge on any atom is -0.387 e. The number of unbranched alkanes of at least 4 members (excludes halogenated alkanes) is 1. The molecule has 0 aliphatic heterocycles. The number of hydrogen-bond acceptors (Lipinski definition) is 3. The maximum Gasteiger partial charge on any atom is 0.250 e. The fraction of sp³-hybridized carbons (Fsp3) is 0.316. The number of benzene rings is 2. The fourth-order valence-corrected chi connectivity index (χ4v) is 2.51. The third-order valence-electron chi connectivity index (χ3n) is 3.75. The lowest BCUT2D eigenvalue weighted by molar-refractivity contribution is -0.118. The van der Waals surface area contributed by atoms with Crippen molar-refractivity contribution in [1.29, 1.82) is 0 Å². The van der Waals surface area contributed by atoms with Crippen molar-refractivity contribution in [1.82, 2.24) is 0 Å². The van der Waals surface area contributed by atoms with Gasteiger partial charge in [0.05, 0.1) is 6.04 Å². The van der Waals surface area contributed by atoms with Gasteiger partial charge in [-0.05, 0) is 42.3 Å². The van der Waals surface area contributed by atoms with Gasteiger partial charge in [-0.15, -0.1) is 0 Å². The monoisotopic (exact) mass is 330 g/mol. The van der Waals surface area contributed by atoms with E-state index in [9.17, 15) is 9.18 Å². The van der Waals surface area contributed by atoms with Crippen molar-refractivity contribution < 1.29 is 14.3 Å². The highest BCUT2D eigenvalue weighted by molar-refractivity contribution is 5.91. The molecular formula is C19H23FN2O2. The van der Waals surface area contributed by atoms with E-state index in [0.717, 1.165) is 30.5 Å². The largest absolute Gasteiger partial charge is 0.387 e. The number of halogens is 1. The maximum absolute atomic E-state index is 13.2. The average molecular weight is 330 g/mol. The standard InChI is InChI=1S/C19H23FN2O2/c1-2-3-7-18(14-8-10-15(20)11-9-14)21-16-5-4-6-17(12-16)22-19(24)13-23/h4-6,8-12,18,21,23H,2-3,7,13H2,1H3,(H,22,24). The SMILES string of the molecule is CCCCC(Nc1cccc(NC(=O)CO)c1)c1ccc(F)cc1. The van der Waals surface area contributed by atoms with Gasteiger partial charge in [0, 0.05) is 11.4 Å². The van der Waals surface area contributed by atoms with Gasteiger partial charge in [-0.1, -0.05) is 38.0 Å². The molecule has 0 bridgehead atoms. The number of rotatable bonds is 8. The molecule has 0 saturated heterocycles. The Hall–Kier alpha value is -2.40. The summed E-state index contributed by atoms with van der Waals surface area (Å²) in [6.45, 7) is 1.58. The van der Waals surface area contributed by atoms with Crippen LogP contribution in [0, 0.1) is 5.82 Å². The Morgan fingerprint density at radius 3 is 2.54 bits per heavy atom. The van der Waals surface area contributed by atoms with Crippen LogP contribution in [0.2, 0.25) is 0 Å². The third-order valence-corrected chi connectivity index (χ3v) is 3.75. The van der Waals surface area contributed by atoms with Crippen LogP contribution >= 0.6 is 0 Å². The molecule has 0 radical (unpaired) electrons. The molecule has 3 N–H and O–H groups in total. The van der Waals surface area contributed by atoms with Crippen LogP contribution in [0.1, 0.15) is 37.8 Å². The molecule has 24 heavy (non-hydrogen) atoms. The fourth-order valence-electron chi connectivity index (χ4n) is 2.51. The van der Waals surface area contributed by atoms with E-state index in [1.807, 2.05) is 18.2 Å². The van der Waals surface area contributed by atoms with Gasteiger partial charge >= 0.3 is 0 Å². The van der Waals surface area contributed by atoms with E-state index in [1.54, 1.807) is 18.2 Å². The van der Waals surface area contributed by atoms with Crippen molar-refractivity contribution in [3.05, 3.63) is 59.9 Å². The van der Waals surface area contributed by atoms with Gasteiger partial charge in [-0.2, -0.15) is 0 Å². The number of hydrogen-bond donors (Lipinski definition) is 3. The predicted molar refractivity (Wildman–Crippen MR) is 94.4 cm³/mol. The molecule has 0 heterocycles. The van der Waals surface area contributed by atoms with Crippen molar-refractivity contribution in [2.24, 2.45) is 0 Å². The van der Waals surface area contributed by atoms with Crippen molar-refractivity contribution in [2.45, 2.75) is 32.2 Å². The number of nitrogens with one attached hydrogen (secondary N) is 2. The van der Waals surface area contributed by atoms with Gasteiger partial charge < -0.3 is 15.7 Å². The van der Waals surface area contributed by atoms with E-state index >= 15 is 0 Å². The van der Waals surface area contributed by atoms with Crippen molar-refractivity contribution in [2.75, 3.05) is 17.2 Å². The Bertz CT molecular complexity index is 659. The zero-order valence-corrected chi connectivity index (χ0v) is 13.8. The minimum atomic E-state index is -0.549. The Balaban J connectivity index is 2.15. The van der Waals surface area contributed by atoms with Crippen molar-refractivity contribution >= 4 is 17.3 Å². The normalized spacial score (nSPS) is 11.8. The predicted octanol–water partition coefficient (Wildman–Crippen LogP) is 4.10. The van der Waals surface area contributed by atoms with Crippen LogP contribution in [0.25, 0.3) is 0 Å². The first-order chi connectivity index (χ1) is 11.6. The molecule has 1 unspecified atom stereocenters. The van der Waals surface area contributed by atoms with E-state index in [4.69, 9.17) is 5.11 Å². The zero-order valence-electron chi connectivity index (χ0n) is 13.8. The molecule has 2 aromatic carbocycles. The van der Waals surface area contributed by atoms with Crippen molar-refractivity contribution in [3.63, 3.8) is 0 Å². The lowest BCUT2D eigenvalue weighted by Gasteiger charge is -2.21. The molecule has 0 fully saturated rings. The molecular weight excluding hydrogens is 307 g/mol. The number of aliphatic hydroxyl groups is 1. The molecule has 0 aliphatic carbocycles. The van der Waals surface area contributed by atoms with Crippen LogP contribution in [-0.4, -0.2) is 17.6 Å². The third kappa shape index (κ3) is 5.35. The Morgan fingerprint density at radius 1 is 1.17 bits per heavy atom. The molecule has 128 valence electrons. The highest BCUT2D eigenvalue weighted by Crippen LogP contribution is 2.26. The summed E-state index contributed by atoms with van der Waals surface area (Å²) in [4.78, 5) is 11.3. The maximum atomic E-state index is 13.2. The molecule has 2 rings (SSSR count). The molecule has 0 saturated carbocycles. The summed E-state index contributed by atoms with van der Waals surface area (Å²) in [5.74, 6) is -0.699. The summed E-state index contributed by atoms with van der Waals surface area (Å²) >= 11 is 0. The lowest BCUT2D eigenvalue weighted by atomic mass is 10.0. The van der Waals surface area contributed by atoms with Crippen LogP contribution < -0.4 is 10.6 Å². The van der Waals surface area contributed by atoms with Crippen LogP contribution in [0.3, 0.4) is 0 Å². The molecule has 2 aromatic rings. The summed E-state index contributed by atoms with van der Waals surface area (Å²) < 4.78 is 13.2. The molecule has 4 nitrogen and oxygen atoms in total. The van der Waals surface area contributed by atoms with Crippen LogP contribution in [-0.2, 0) is 4.79 Å². The first kappa shape index (κ1) is 17.9. The van der Waals surface area contributed by atoms with Gasteiger partial charge in [0.2, 0.25) is 5.91 Å². The summed E-state index contributed by atoms with van der Waals surface area (Å²) in [5.41, 5.74) is 2.50. The second-order valence-corrected chi connectivity index (χ2v) is 5.68. The van der Waals surface area contributed by atoms with Gasteiger partial charge in [-0.3, -0.25) is 4.79 Å². The van der Waals surface area contributed by atoms with Crippen LogP contribution in [0.15, 0.2) is 48.5 Å². The number of carbonyl (C=O) groups excluding carboxylic acids is 1. The number of anilines is 2. The first-order valence-corrected chi connectivity index (χ1v) is 8.15. The van der Waals surface area contributed by atoms with E-state index in [0.29, 0.717) is 5.69 Å². The average Bonchev–Trinajstić information content (AvgIpc) is 2.59. The number of carbonyl (C=O) groups is 1. The van der Waals surface area contributed by atoms with Crippen molar-refractivity contribution in [3.8, 4) is 0 Å². The molecule has 0 spiro atoms. The van der Waals surface area contributed by atoms with E-state index in [1.165, 1.54) is 12.1 Å². The van der Waals surface area contributed by atoms with E-state index in [-0.39, 0.29) is 11.9 Å². The second kappa shape index (κ2) is 9.03. The number of amides is 1. The summed E-state index contributed by atoms with van der Waals surface area (Å²) in [6, 6.07) is 13.9. The van der Waals surface area contributed by atoms with Crippen LogP contribution in [0.5, 0.6) is 0 Å². The zero-order chi connectivity index (χ0) is 17.4. The molecule has 1 amide bonds. The minimum absolute atomic E-state index is 0.0642.